The number of methoxy groups -OCH3 is 1. The Kier molecular flexibility index (Phi) is 5.91. The Morgan fingerprint density at radius 3 is 2.61 bits per heavy atom. The van der Waals surface area contributed by atoms with E-state index in [0.29, 0.717) is 23.1 Å². The average molecular weight is 488 g/mol. The van der Waals surface area contributed by atoms with Gasteiger partial charge in [0.1, 0.15) is 23.0 Å². The fraction of sp³-hybridized carbons (Fsp3) is 0.407. The first-order valence-electron chi connectivity index (χ1n) is 12.7. The highest BCUT2D eigenvalue weighted by atomic mass is 19.1. The van der Waals surface area contributed by atoms with Gasteiger partial charge in [-0.15, -0.1) is 5.10 Å². The molecule has 6 rings (SSSR count). The molecular formula is C27H30FN7O. The number of anilines is 1. The smallest absolute Gasteiger partial charge is 0.238 e. The molecule has 5 heterocycles. The van der Waals surface area contributed by atoms with Crippen LogP contribution in [0.3, 0.4) is 0 Å². The van der Waals surface area contributed by atoms with Crippen LogP contribution < -0.4 is 9.64 Å². The fourth-order valence-corrected chi connectivity index (χ4v) is 5.36. The van der Waals surface area contributed by atoms with Gasteiger partial charge < -0.3 is 14.2 Å². The Bertz CT molecular complexity index is 1390. The summed E-state index contributed by atoms with van der Waals surface area (Å²) in [4.78, 5) is 16.1. The van der Waals surface area contributed by atoms with E-state index in [2.05, 4.69) is 9.88 Å². The lowest BCUT2D eigenvalue weighted by molar-refractivity contribution is 0.396. The van der Waals surface area contributed by atoms with Crippen molar-refractivity contribution in [3.63, 3.8) is 0 Å². The molecule has 0 saturated carbocycles. The summed E-state index contributed by atoms with van der Waals surface area (Å²) in [6, 6.07) is 9.40. The summed E-state index contributed by atoms with van der Waals surface area (Å²) in [7, 11) is 1.61. The van der Waals surface area contributed by atoms with Crippen LogP contribution in [-0.4, -0.2) is 49.5 Å². The minimum absolute atomic E-state index is 0.0687. The summed E-state index contributed by atoms with van der Waals surface area (Å²) in [5.41, 5.74) is 4.18. The Labute approximate surface area is 209 Å². The molecule has 0 amide bonds. The van der Waals surface area contributed by atoms with Crippen LogP contribution in [0.25, 0.3) is 17.2 Å². The first kappa shape index (κ1) is 22.7. The molecule has 8 nitrogen and oxygen atoms in total. The molecular weight excluding hydrogens is 457 g/mol. The second-order valence-electron chi connectivity index (χ2n) is 9.62. The summed E-state index contributed by atoms with van der Waals surface area (Å²) >= 11 is 0. The molecule has 2 aliphatic rings. The minimum Gasteiger partial charge on any atom is -0.479 e. The van der Waals surface area contributed by atoms with Crippen molar-refractivity contribution in [3.05, 3.63) is 65.8 Å². The van der Waals surface area contributed by atoms with Crippen molar-refractivity contribution in [2.24, 2.45) is 0 Å². The van der Waals surface area contributed by atoms with Gasteiger partial charge in [-0.2, -0.15) is 0 Å². The van der Waals surface area contributed by atoms with E-state index in [0.717, 1.165) is 68.1 Å². The van der Waals surface area contributed by atoms with E-state index >= 15 is 0 Å². The van der Waals surface area contributed by atoms with Crippen molar-refractivity contribution in [3.8, 4) is 23.1 Å². The standard InChI is InChI=1S/C27H30FN7O/c1-18-16-34(17-29-18)23-11-10-22(30-27(23)36-2)25-31-26-20(7-6-14-35(26)32-25)19-8-9-21(28)24(15-19)33-12-4-3-5-13-33/h8-11,15-17,20H,3-7,12-14H2,1-2H3/t20-/m0/s1. The summed E-state index contributed by atoms with van der Waals surface area (Å²) in [6.07, 6.45) is 9.06. The maximum Gasteiger partial charge on any atom is 0.238 e. The molecule has 1 aromatic carbocycles. The lowest BCUT2D eigenvalue weighted by Gasteiger charge is -2.30. The monoisotopic (exact) mass is 487 g/mol. The molecule has 2 aliphatic heterocycles. The van der Waals surface area contributed by atoms with Crippen LogP contribution in [0.1, 0.15) is 55.1 Å². The summed E-state index contributed by atoms with van der Waals surface area (Å²) in [5, 5.41) is 4.79. The van der Waals surface area contributed by atoms with Crippen molar-refractivity contribution in [1.29, 1.82) is 0 Å². The Hall–Kier alpha value is -3.75. The number of imidazole rings is 1. The number of ether oxygens (including phenoxy) is 1. The Morgan fingerprint density at radius 2 is 1.83 bits per heavy atom. The molecule has 0 unspecified atom stereocenters. The molecule has 1 fully saturated rings. The van der Waals surface area contributed by atoms with Gasteiger partial charge in [0.05, 0.1) is 24.8 Å². The van der Waals surface area contributed by atoms with Crippen molar-refractivity contribution in [1.82, 2.24) is 29.3 Å². The van der Waals surface area contributed by atoms with E-state index in [4.69, 9.17) is 19.8 Å². The van der Waals surface area contributed by atoms with Crippen LogP contribution >= 0.6 is 0 Å². The third kappa shape index (κ3) is 4.12. The van der Waals surface area contributed by atoms with Crippen molar-refractivity contribution in [2.45, 2.75) is 51.5 Å². The first-order valence-corrected chi connectivity index (χ1v) is 12.7. The van der Waals surface area contributed by atoms with Gasteiger partial charge in [-0.3, -0.25) is 0 Å². The van der Waals surface area contributed by atoms with Crippen LogP contribution in [0, 0.1) is 12.7 Å². The second kappa shape index (κ2) is 9.37. The molecule has 4 aromatic rings. The molecule has 186 valence electrons. The van der Waals surface area contributed by atoms with Gasteiger partial charge in [0.2, 0.25) is 5.88 Å². The number of pyridine rings is 1. The van der Waals surface area contributed by atoms with Gasteiger partial charge in [-0.05, 0) is 68.9 Å². The maximum atomic E-state index is 14.8. The normalized spacial score (nSPS) is 17.8. The predicted octanol–water partition coefficient (Wildman–Crippen LogP) is 4.90. The average Bonchev–Trinajstić information content (AvgIpc) is 3.55. The summed E-state index contributed by atoms with van der Waals surface area (Å²) < 4.78 is 24.2. The van der Waals surface area contributed by atoms with Crippen molar-refractivity contribution >= 4 is 5.69 Å². The maximum absolute atomic E-state index is 14.8. The topological polar surface area (TPSA) is 73.9 Å². The molecule has 0 radical (unpaired) electrons. The van der Waals surface area contributed by atoms with Gasteiger partial charge in [-0.25, -0.2) is 24.0 Å². The Balaban J connectivity index is 1.33. The number of aryl methyl sites for hydroxylation is 2. The molecule has 0 N–H and O–H groups in total. The highest BCUT2D eigenvalue weighted by Gasteiger charge is 2.28. The van der Waals surface area contributed by atoms with Crippen LogP contribution in [-0.2, 0) is 6.54 Å². The largest absolute Gasteiger partial charge is 0.479 e. The van der Waals surface area contributed by atoms with Crippen LogP contribution in [0.15, 0.2) is 42.9 Å². The minimum atomic E-state index is -0.150. The van der Waals surface area contributed by atoms with Crippen LogP contribution in [0.2, 0.25) is 0 Å². The van der Waals surface area contributed by atoms with E-state index < -0.39 is 0 Å². The third-order valence-electron chi connectivity index (χ3n) is 7.20. The van der Waals surface area contributed by atoms with Crippen LogP contribution in [0.5, 0.6) is 5.88 Å². The number of fused-ring (bicyclic) bond motifs is 1. The number of benzene rings is 1. The number of rotatable bonds is 5. The number of hydrogen-bond acceptors (Lipinski definition) is 6. The molecule has 0 spiro atoms. The molecule has 0 bridgehead atoms. The first-order chi connectivity index (χ1) is 17.6. The van der Waals surface area contributed by atoms with Gasteiger partial charge in [0.15, 0.2) is 5.82 Å². The number of aromatic nitrogens is 6. The molecule has 36 heavy (non-hydrogen) atoms. The van der Waals surface area contributed by atoms with Crippen LogP contribution in [0.4, 0.5) is 10.1 Å². The molecule has 0 aliphatic carbocycles. The number of hydrogen-bond donors (Lipinski definition) is 0. The third-order valence-corrected chi connectivity index (χ3v) is 7.20. The molecule has 3 aromatic heterocycles. The quantitative estimate of drug-likeness (QED) is 0.399. The fourth-order valence-electron chi connectivity index (χ4n) is 5.36. The number of halogens is 1. The second-order valence-corrected chi connectivity index (χ2v) is 9.62. The van der Waals surface area contributed by atoms with E-state index in [1.165, 1.54) is 6.42 Å². The zero-order valence-corrected chi connectivity index (χ0v) is 20.7. The number of piperidine rings is 1. The van der Waals surface area contributed by atoms with Crippen molar-refractivity contribution < 1.29 is 9.13 Å². The molecule has 1 atom stereocenters. The predicted molar refractivity (Wildman–Crippen MR) is 135 cm³/mol. The number of nitrogens with zero attached hydrogens (tertiary/aromatic N) is 7. The zero-order chi connectivity index (χ0) is 24.6. The SMILES string of the molecule is COc1nc(-c2nc3n(n2)CCC[C@H]3c2ccc(F)c(N3CCCCC3)c2)ccc1-n1cnc(C)c1. The van der Waals surface area contributed by atoms with Gasteiger partial charge >= 0.3 is 0 Å². The van der Waals surface area contributed by atoms with Gasteiger partial charge in [0.25, 0.3) is 0 Å². The van der Waals surface area contributed by atoms with Gasteiger partial charge in [0, 0.05) is 31.7 Å². The van der Waals surface area contributed by atoms with E-state index in [1.807, 2.05) is 46.6 Å². The molecule has 1 saturated heterocycles. The van der Waals surface area contributed by atoms with Crippen molar-refractivity contribution in [2.75, 3.05) is 25.1 Å². The highest BCUT2D eigenvalue weighted by molar-refractivity contribution is 5.56. The highest BCUT2D eigenvalue weighted by Crippen LogP contribution is 2.36. The van der Waals surface area contributed by atoms with E-state index in [-0.39, 0.29) is 11.7 Å². The van der Waals surface area contributed by atoms with E-state index in [1.54, 1.807) is 19.5 Å². The van der Waals surface area contributed by atoms with E-state index in [9.17, 15) is 4.39 Å². The molecule has 9 heteroatoms. The lowest BCUT2D eigenvalue weighted by atomic mass is 9.90. The Morgan fingerprint density at radius 1 is 0.972 bits per heavy atom. The summed E-state index contributed by atoms with van der Waals surface area (Å²) in [6.45, 7) is 4.57. The van der Waals surface area contributed by atoms with Gasteiger partial charge in [-0.1, -0.05) is 6.07 Å². The summed E-state index contributed by atoms with van der Waals surface area (Å²) in [5.74, 6) is 1.88. The lowest BCUT2D eigenvalue weighted by Crippen LogP contribution is -2.30. The zero-order valence-electron chi connectivity index (χ0n) is 20.7.